The maximum atomic E-state index is 5.95. The van der Waals surface area contributed by atoms with Gasteiger partial charge < -0.3 is 20.0 Å². The molecule has 2 aromatic carbocycles. The van der Waals surface area contributed by atoms with E-state index in [4.69, 9.17) is 4.42 Å². The molecule has 0 spiro atoms. The van der Waals surface area contributed by atoms with Crippen LogP contribution in [0.1, 0.15) is 24.3 Å². The van der Waals surface area contributed by atoms with Crippen LogP contribution in [-0.4, -0.2) is 26.1 Å². The van der Waals surface area contributed by atoms with Crippen molar-refractivity contribution in [1.82, 2.24) is 10.6 Å². The molecule has 4 rings (SSSR count). The summed E-state index contributed by atoms with van der Waals surface area (Å²) in [5, 5.41) is 7.92. The fourth-order valence-electron chi connectivity index (χ4n) is 3.42. The quantitative estimate of drug-likeness (QED) is 0.399. The van der Waals surface area contributed by atoms with E-state index < -0.39 is 0 Å². The second kappa shape index (κ2) is 8.21. The molecule has 0 aliphatic carbocycles. The lowest BCUT2D eigenvalue weighted by atomic mass is 10.2. The molecule has 0 amide bonds. The average molecular weight is 374 g/mol. The highest BCUT2D eigenvalue weighted by Gasteiger charge is 2.13. The maximum absolute atomic E-state index is 5.95. The first-order valence-corrected chi connectivity index (χ1v) is 9.67. The lowest BCUT2D eigenvalue weighted by Gasteiger charge is -2.19. The average Bonchev–Trinajstić information content (AvgIpc) is 3.41. The zero-order chi connectivity index (χ0) is 19.3. The Kier molecular flexibility index (Phi) is 5.33. The number of hydrogen-bond acceptors (Lipinski definition) is 3. The van der Waals surface area contributed by atoms with Crippen molar-refractivity contribution >= 4 is 22.6 Å². The second-order valence-electron chi connectivity index (χ2n) is 7.02. The molecular formula is C23H26N4O. The van der Waals surface area contributed by atoms with E-state index in [0.29, 0.717) is 6.54 Å². The molecule has 1 atom stereocenters. The molecule has 1 aromatic heterocycles. The van der Waals surface area contributed by atoms with Gasteiger partial charge in [-0.1, -0.05) is 42.5 Å². The van der Waals surface area contributed by atoms with Crippen LogP contribution in [-0.2, 0) is 6.54 Å². The van der Waals surface area contributed by atoms with Crippen molar-refractivity contribution < 1.29 is 4.42 Å². The minimum Gasteiger partial charge on any atom is -0.459 e. The minimum atomic E-state index is 0.0145. The molecule has 0 fully saturated rings. The van der Waals surface area contributed by atoms with Gasteiger partial charge in [-0.15, -0.1) is 0 Å². The van der Waals surface area contributed by atoms with E-state index >= 15 is 0 Å². The Bertz CT molecular complexity index is 964. The van der Waals surface area contributed by atoms with Gasteiger partial charge in [0.1, 0.15) is 11.3 Å². The first-order chi connectivity index (χ1) is 13.7. The number of benzene rings is 2. The maximum Gasteiger partial charge on any atom is 0.191 e. The van der Waals surface area contributed by atoms with Crippen molar-refractivity contribution in [2.45, 2.75) is 19.5 Å². The molecular weight excluding hydrogens is 348 g/mol. The summed E-state index contributed by atoms with van der Waals surface area (Å²) < 4.78 is 5.95. The molecule has 5 nitrogen and oxygen atoms in total. The molecule has 2 heterocycles. The van der Waals surface area contributed by atoms with E-state index in [1.165, 1.54) is 11.3 Å². The third kappa shape index (κ3) is 4.03. The number of para-hydroxylation sites is 1. The van der Waals surface area contributed by atoms with Gasteiger partial charge in [0.25, 0.3) is 0 Å². The Morgan fingerprint density at radius 2 is 1.93 bits per heavy atom. The van der Waals surface area contributed by atoms with Crippen LogP contribution in [0.25, 0.3) is 11.0 Å². The Hall–Kier alpha value is -3.21. The van der Waals surface area contributed by atoms with E-state index in [2.05, 4.69) is 76.0 Å². The summed E-state index contributed by atoms with van der Waals surface area (Å²) in [4.78, 5) is 6.70. The van der Waals surface area contributed by atoms with Crippen LogP contribution < -0.4 is 15.5 Å². The topological polar surface area (TPSA) is 52.8 Å². The molecule has 0 radical (unpaired) electrons. The van der Waals surface area contributed by atoms with Crippen molar-refractivity contribution in [1.29, 1.82) is 0 Å². The van der Waals surface area contributed by atoms with Crippen LogP contribution in [0.2, 0.25) is 0 Å². The number of guanidine groups is 1. The van der Waals surface area contributed by atoms with Crippen molar-refractivity contribution in [3.8, 4) is 0 Å². The highest BCUT2D eigenvalue weighted by Crippen LogP contribution is 2.23. The molecule has 0 saturated carbocycles. The van der Waals surface area contributed by atoms with Crippen LogP contribution in [0.15, 0.2) is 76.2 Å². The summed E-state index contributed by atoms with van der Waals surface area (Å²) in [6, 6.07) is 18.8. The van der Waals surface area contributed by atoms with E-state index in [9.17, 15) is 0 Å². The Morgan fingerprint density at radius 1 is 1.11 bits per heavy atom. The number of fused-ring (bicyclic) bond motifs is 1. The first-order valence-electron chi connectivity index (χ1n) is 9.67. The summed E-state index contributed by atoms with van der Waals surface area (Å²) in [7, 11) is 1.78. The van der Waals surface area contributed by atoms with Gasteiger partial charge in [0, 0.05) is 37.8 Å². The van der Waals surface area contributed by atoms with Gasteiger partial charge in [-0.25, -0.2) is 0 Å². The number of rotatable bonds is 5. The van der Waals surface area contributed by atoms with E-state index in [0.717, 1.165) is 35.8 Å². The highest BCUT2D eigenvalue weighted by atomic mass is 16.3. The molecule has 1 aliphatic rings. The van der Waals surface area contributed by atoms with E-state index in [1.807, 2.05) is 18.2 Å². The minimum absolute atomic E-state index is 0.0145. The second-order valence-corrected chi connectivity index (χ2v) is 7.02. The largest absolute Gasteiger partial charge is 0.459 e. The third-order valence-corrected chi connectivity index (χ3v) is 5.00. The van der Waals surface area contributed by atoms with Gasteiger partial charge in [-0.3, -0.25) is 4.99 Å². The predicted octanol–water partition coefficient (Wildman–Crippen LogP) is 4.24. The van der Waals surface area contributed by atoms with Crippen molar-refractivity contribution in [2.24, 2.45) is 4.99 Å². The van der Waals surface area contributed by atoms with Gasteiger partial charge in [0.2, 0.25) is 0 Å². The van der Waals surface area contributed by atoms with Gasteiger partial charge in [-0.2, -0.15) is 0 Å². The number of furan rings is 1. The van der Waals surface area contributed by atoms with Gasteiger partial charge in [-0.05, 0) is 36.8 Å². The van der Waals surface area contributed by atoms with Crippen molar-refractivity contribution in [2.75, 3.05) is 25.0 Å². The third-order valence-electron chi connectivity index (χ3n) is 5.00. The summed E-state index contributed by atoms with van der Waals surface area (Å²) >= 11 is 0. The monoisotopic (exact) mass is 374 g/mol. The predicted molar refractivity (Wildman–Crippen MR) is 116 cm³/mol. The molecule has 3 aromatic rings. The standard InChI is InChI=1S/C23H26N4O/c1-17(22-15-19-9-3-4-11-21(19)28-22)26-23(24-2)25-16-18-8-7-10-20(14-18)27-12-5-6-13-27/h3-11,14-15,17H,12-13,16H2,1-2H3,(H2,24,25,26). The van der Waals surface area contributed by atoms with Crippen LogP contribution in [0.5, 0.6) is 0 Å². The van der Waals surface area contributed by atoms with Crippen LogP contribution in [0.3, 0.4) is 0 Å². The normalized spacial score (nSPS) is 15.2. The Morgan fingerprint density at radius 3 is 2.71 bits per heavy atom. The fourth-order valence-corrected chi connectivity index (χ4v) is 3.42. The summed E-state index contributed by atoms with van der Waals surface area (Å²) in [6.07, 6.45) is 4.41. The molecule has 5 heteroatoms. The summed E-state index contributed by atoms with van der Waals surface area (Å²) in [6.45, 7) is 4.75. The van der Waals surface area contributed by atoms with Crippen molar-refractivity contribution in [3.63, 3.8) is 0 Å². The highest BCUT2D eigenvalue weighted by molar-refractivity contribution is 5.81. The molecule has 1 unspecified atom stereocenters. The molecule has 28 heavy (non-hydrogen) atoms. The van der Waals surface area contributed by atoms with Crippen molar-refractivity contribution in [3.05, 3.63) is 78.1 Å². The van der Waals surface area contributed by atoms with E-state index in [1.54, 1.807) is 7.05 Å². The lowest BCUT2D eigenvalue weighted by molar-refractivity contribution is 0.488. The summed E-state index contributed by atoms with van der Waals surface area (Å²) in [5.74, 6) is 1.65. The smallest absolute Gasteiger partial charge is 0.191 e. The summed E-state index contributed by atoms with van der Waals surface area (Å²) in [5.41, 5.74) is 3.38. The van der Waals surface area contributed by atoms with Gasteiger partial charge >= 0.3 is 0 Å². The fraction of sp³-hybridized carbons (Fsp3) is 0.261. The number of anilines is 1. The zero-order valence-corrected chi connectivity index (χ0v) is 16.4. The number of aliphatic imine (C=N–C) groups is 1. The van der Waals surface area contributed by atoms with Crippen LogP contribution >= 0.6 is 0 Å². The number of nitrogens with zero attached hydrogens (tertiary/aromatic N) is 2. The first kappa shape index (κ1) is 18.2. The Labute approximate surface area is 165 Å². The Balaban J connectivity index is 1.37. The van der Waals surface area contributed by atoms with E-state index in [-0.39, 0.29) is 6.04 Å². The van der Waals surface area contributed by atoms with Crippen LogP contribution in [0, 0.1) is 0 Å². The zero-order valence-electron chi connectivity index (χ0n) is 16.4. The molecule has 144 valence electrons. The molecule has 1 aliphatic heterocycles. The van der Waals surface area contributed by atoms with Gasteiger partial charge in [0.15, 0.2) is 5.96 Å². The SMILES string of the molecule is CN=C(NCc1cccc(N2CC=CC2)c1)NC(C)c1cc2ccccc2o1. The molecule has 2 N–H and O–H groups in total. The molecule has 0 bridgehead atoms. The molecule has 0 saturated heterocycles. The van der Waals surface area contributed by atoms with Gasteiger partial charge in [0.05, 0.1) is 6.04 Å². The number of nitrogens with one attached hydrogen (secondary N) is 2. The van der Waals surface area contributed by atoms with Crippen LogP contribution in [0.4, 0.5) is 5.69 Å². The number of hydrogen-bond donors (Lipinski definition) is 2. The lowest BCUT2D eigenvalue weighted by Crippen LogP contribution is -2.38.